The summed E-state index contributed by atoms with van der Waals surface area (Å²) in [7, 11) is 0. The molecule has 1 fully saturated rings. The fraction of sp³-hybridized carbons (Fsp3) is 0.727. The summed E-state index contributed by atoms with van der Waals surface area (Å²) >= 11 is 3.26. The third kappa shape index (κ3) is 3.93. The number of nitrogens with one attached hydrogen (secondary N) is 2. The minimum atomic E-state index is -0.110. The molecule has 7 heteroatoms. The molecule has 2 rings (SSSR count). The van der Waals surface area contributed by atoms with Gasteiger partial charge in [0.05, 0.1) is 6.04 Å². The first-order chi connectivity index (χ1) is 8.65. The van der Waals surface area contributed by atoms with Gasteiger partial charge in [-0.15, -0.1) is 10.2 Å². The minimum absolute atomic E-state index is 0.00514. The van der Waals surface area contributed by atoms with Crippen LogP contribution in [0.1, 0.15) is 18.9 Å². The minimum Gasteiger partial charge on any atom is -0.304 e. The van der Waals surface area contributed by atoms with Crippen molar-refractivity contribution < 1.29 is 4.79 Å². The Bertz CT molecular complexity index is 402. The van der Waals surface area contributed by atoms with E-state index in [0.717, 1.165) is 29.5 Å². The Morgan fingerprint density at radius 3 is 3.06 bits per heavy atom. The molecule has 1 aromatic heterocycles. The highest BCUT2D eigenvalue weighted by Crippen LogP contribution is 2.19. The average molecular weight is 286 g/mol. The van der Waals surface area contributed by atoms with Gasteiger partial charge in [-0.1, -0.05) is 25.2 Å². The first kappa shape index (κ1) is 13.8. The molecule has 2 N–H and O–H groups in total. The van der Waals surface area contributed by atoms with Crippen LogP contribution in [-0.2, 0) is 11.2 Å². The van der Waals surface area contributed by atoms with E-state index in [1.165, 1.54) is 11.3 Å². The molecule has 0 saturated carbocycles. The zero-order valence-corrected chi connectivity index (χ0v) is 12.2. The van der Waals surface area contributed by atoms with E-state index in [4.69, 9.17) is 0 Å². The molecule has 100 valence electrons. The monoisotopic (exact) mass is 286 g/mol. The molecule has 1 aromatic rings. The van der Waals surface area contributed by atoms with Crippen LogP contribution in [0.5, 0.6) is 0 Å². The van der Waals surface area contributed by atoms with E-state index in [9.17, 15) is 4.79 Å². The quantitative estimate of drug-likeness (QED) is 0.875. The summed E-state index contributed by atoms with van der Waals surface area (Å²) in [6, 6.07) is -0.110. The first-order valence-corrected chi connectivity index (χ1v) is 8.06. The normalized spacial score (nSPS) is 20.1. The number of aromatic nitrogens is 2. The Balaban J connectivity index is 1.88. The van der Waals surface area contributed by atoms with Crippen molar-refractivity contribution in [3.05, 3.63) is 5.01 Å². The smallest absolute Gasteiger partial charge is 0.244 e. The summed E-state index contributed by atoms with van der Waals surface area (Å²) in [6.07, 6.45) is 0.908. The standard InChI is InChI=1S/C11H18N4OS2/c1-7(2)5-9-14-15-11(18-9)13-10(16)8-6-17-4-3-12-8/h7-8,12H,3-6H2,1-2H3,(H,13,15,16). The van der Waals surface area contributed by atoms with E-state index >= 15 is 0 Å². The lowest BCUT2D eigenvalue weighted by Gasteiger charge is -2.21. The van der Waals surface area contributed by atoms with Crippen LogP contribution in [0.2, 0.25) is 0 Å². The van der Waals surface area contributed by atoms with Crippen LogP contribution in [0.15, 0.2) is 0 Å². The third-order valence-corrected chi connectivity index (χ3v) is 4.44. The van der Waals surface area contributed by atoms with Crippen LogP contribution in [0.25, 0.3) is 0 Å². The predicted molar refractivity (Wildman–Crippen MR) is 76.2 cm³/mol. The number of thioether (sulfide) groups is 1. The zero-order valence-electron chi connectivity index (χ0n) is 10.6. The molecular weight excluding hydrogens is 268 g/mol. The first-order valence-electron chi connectivity index (χ1n) is 6.09. The fourth-order valence-corrected chi connectivity index (χ4v) is 3.55. The van der Waals surface area contributed by atoms with Gasteiger partial charge in [0.15, 0.2) is 0 Å². The average Bonchev–Trinajstić information content (AvgIpc) is 2.76. The predicted octanol–water partition coefficient (Wildman–Crippen LogP) is 1.38. The SMILES string of the molecule is CC(C)Cc1nnc(NC(=O)C2CSCCN2)s1. The molecule has 1 amide bonds. The number of hydrogen-bond acceptors (Lipinski definition) is 6. The maximum Gasteiger partial charge on any atom is 0.244 e. The van der Waals surface area contributed by atoms with Gasteiger partial charge >= 0.3 is 0 Å². The van der Waals surface area contributed by atoms with Crippen LogP contribution in [0.3, 0.4) is 0 Å². The van der Waals surface area contributed by atoms with Gasteiger partial charge in [-0.2, -0.15) is 11.8 Å². The lowest BCUT2D eigenvalue weighted by atomic mass is 10.1. The number of nitrogens with zero attached hydrogens (tertiary/aromatic N) is 2. The van der Waals surface area contributed by atoms with Crippen LogP contribution in [0.4, 0.5) is 5.13 Å². The van der Waals surface area contributed by atoms with Gasteiger partial charge in [0, 0.05) is 24.5 Å². The molecule has 1 aliphatic rings. The number of anilines is 1. The van der Waals surface area contributed by atoms with Gasteiger partial charge in [-0.05, 0) is 5.92 Å². The van der Waals surface area contributed by atoms with Gasteiger partial charge < -0.3 is 5.32 Å². The van der Waals surface area contributed by atoms with Gasteiger partial charge in [-0.25, -0.2) is 0 Å². The Morgan fingerprint density at radius 2 is 2.39 bits per heavy atom. The van der Waals surface area contributed by atoms with Crippen LogP contribution >= 0.6 is 23.1 Å². The van der Waals surface area contributed by atoms with Gasteiger partial charge in [0.1, 0.15) is 5.01 Å². The van der Waals surface area contributed by atoms with Crippen molar-refractivity contribution >= 4 is 34.1 Å². The van der Waals surface area contributed by atoms with E-state index in [2.05, 4.69) is 34.7 Å². The highest BCUT2D eigenvalue weighted by atomic mass is 32.2. The third-order valence-electron chi connectivity index (χ3n) is 2.52. The van der Waals surface area contributed by atoms with Crippen molar-refractivity contribution in [2.24, 2.45) is 5.92 Å². The molecular formula is C11H18N4OS2. The van der Waals surface area contributed by atoms with Crippen molar-refractivity contribution in [2.45, 2.75) is 26.3 Å². The van der Waals surface area contributed by atoms with Crippen molar-refractivity contribution in [1.29, 1.82) is 0 Å². The summed E-state index contributed by atoms with van der Waals surface area (Å²) in [6.45, 7) is 5.17. The molecule has 1 unspecified atom stereocenters. The Hall–Kier alpha value is -0.660. The van der Waals surface area contributed by atoms with Crippen molar-refractivity contribution in [1.82, 2.24) is 15.5 Å². The topological polar surface area (TPSA) is 66.9 Å². The van der Waals surface area contributed by atoms with Crippen LogP contribution < -0.4 is 10.6 Å². The summed E-state index contributed by atoms with van der Waals surface area (Å²) < 4.78 is 0. The molecule has 1 aliphatic heterocycles. The molecule has 0 aliphatic carbocycles. The summed E-state index contributed by atoms with van der Waals surface area (Å²) in [5.41, 5.74) is 0. The summed E-state index contributed by atoms with van der Waals surface area (Å²) in [5.74, 6) is 2.44. The second kappa shape index (κ2) is 6.49. The number of amides is 1. The van der Waals surface area contributed by atoms with Crippen molar-refractivity contribution in [2.75, 3.05) is 23.4 Å². The van der Waals surface area contributed by atoms with Gasteiger partial charge in [-0.3, -0.25) is 10.1 Å². The lowest BCUT2D eigenvalue weighted by molar-refractivity contribution is -0.117. The molecule has 18 heavy (non-hydrogen) atoms. The molecule has 0 aromatic carbocycles. The maximum atomic E-state index is 12.0. The zero-order chi connectivity index (χ0) is 13.0. The molecule has 0 spiro atoms. The van der Waals surface area contributed by atoms with Gasteiger partial charge in [0.2, 0.25) is 11.0 Å². The van der Waals surface area contributed by atoms with E-state index in [1.807, 2.05) is 0 Å². The van der Waals surface area contributed by atoms with E-state index in [-0.39, 0.29) is 11.9 Å². The second-order valence-electron chi connectivity index (χ2n) is 4.67. The van der Waals surface area contributed by atoms with Gasteiger partial charge in [0.25, 0.3) is 0 Å². The second-order valence-corrected chi connectivity index (χ2v) is 6.88. The molecule has 1 atom stereocenters. The van der Waals surface area contributed by atoms with E-state index in [0.29, 0.717) is 11.0 Å². The molecule has 0 bridgehead atoms. The molecule has 5 nitrogen and oxygen atoms in total. The van der Waals surface area contributed by atoms with Crippen LogP contribution in [0, 0.1) is 5.92 Å². The number of carbonyl (C=O) groups excluding carboxylic acids is 1. The highest BCUT2D eigenvalue weighted by Gasteiger charge is 2.21. The van der Waals surface area contributed by atoms with Crippen molar-refractivity contribution in [3.8, 4) is 0 Å². The largest absolute Gasteiger partial charge is 0.304 e. The number of rotatable bonds is 4. The van der Waals surface area contributed by atoms with E-state index in [1.54, 1.807) is 11.8 Å². The molecule has 0 radical (unpaired) electrons. The molecule has 1 saturated heterocycles. The molecule has 2 heterocycles. The lowest BCUT2D eigenvalue weighted by Crippen LogP contribution is -2.46. The van der Waals surface area contributed by atoms with E-state index < -0.39 is 0 Å². The summed E-state index contributed by atoms with van der Waals surface area (Å²) in [4.78, 5) is 12.0. The Morgan fingerprint density at radius 1 is 1.56 bits per heavy atom. The number of carbonyl (C=O) groups is 1. The summed E-state index contributed by atoms with van der Waals surface area (Å²) in [5, 5.41) is 15.7. The van der Waals surface area contributed by atoms with Crippen LogP contribution in [-0.4, -0.2) is 40.2 Å². The highest BCUT2D eigenvalue weighted by molar-refractivity contribution is 7.99. The Labute approximate surface area is 115 Å². The fourth-order valence-electron chi connectivity index (χ4n) is 1.66. The number of hydrogen-bond donors (Lipinski definition) is 2. The maximum absolute atomic E-state index is 12.0. The van der Waals surface area contributed by atoms with Crippen molar-refractivity contribution in [3.63, 3.8) is 0 Å². The Kier molecular flexibility index (Phi) is 4.96.